The molecule has 3 heterocycles. The molecular weight excluding hydrogens is 412 g/mol. The summed E-state index contributed by atoms with van der Waals surface area (Å²) in [6.07, 6.45) is 4.07. The molecule has 1 N–H and O–H groups in total. The number of carbonyl (C=O) groups excluding carboxylic acids is 2. The fourth-order valence-electron chi connectivity index (χ4n) is 3.82. The van der Waals surface area contributed by atoms with Gasteiger partial charge in [0.2, 0.25) is 11.8 Å². The lowest BCUT2D eigenvalue weighted by Gasteiger charge is -2.17. The number of anilines is 2. The summed E-state index contributed by atoms with van der Waals surface area (Å²) in [6.45, 7) is 0.334. The molecule has 1 atom stereocenters. The molecule has 2 aromatic heterocycles. The van der Waals surface area contributed by atoms with Crippen molar-refractivity contribution in [1.29, 1.82) is 0 Å². The van der Waals surface area contributed by atoms with Gasteiger partial charge in [0, 0.05) is 48.1 Å². The molecule has 1 aliphatic heterocycles. The number of para-hydroxylation sites is 1. The number of carbonyl (C=O) groups is 2. The minimum atomic E-state index is -0.433. The molecule has 4 aromatic rings. The van der Waals surface area contributed by atoms with Crippen molar-refractivity contribution in [2.45, 2.75) is 6.42 Å². The fourth-order valence-corrected chi connectivity index (χ4v) is 4.52. The zero-order valence-corrected chi connectivity index (χ0v) is 17.6. The van der Waals surface area contributed by atoms with E-state index in [2.05, 4.69) is 10.3 Å². The van der Waals surface area contributed by atoms with Crippen molar-refractivity contribution in [3.8, 4) is 17.0 Å². The molecule has 0 saturated carbocycles. The van der Waals surface area contributed by atoms with Crippen LogP contribution in [0.4, 0.5) is 11.4 Å². The van der Waals surface area contributed by atoms with Crippen molar-refractivity contribution in [3.63, 3.8) is 0 Å². The normalized spacial score (nSPS) is 16.1. The van der Waals surface area contributed by atoms with Gasteiger partial charge in [0.05, 0.1) is 24.4 Å². The molecule has 156 valence electrons. The van der Waals surface area contributed by atoms with E-state index in [0.717, 1.165) is 21.9 Å². The van der Waals surface area contributed by atoms with Gasteiger partial charge in [0.1, 0.15) is 5.75 Å². The monoisotopic (exact) mass is 432 g/mol. The minimum absolute atomic E-state index is 0.0731. The molecule has 0 aliphatic carbocycles. The van der Waals surface area contributed by atoms with E-state index in [1.54, 1.807) is 29.4 Å². The van der Waals surface area contributed by atoms with E-state index >= 15 is 0 Å². The third kappa shape index (κ3) is 3.66. The average molecular weight is 433 g/mol. The molecule has 1 saturated heterocycles. The first-order chi connectivity index (χ1) is 15.1. The fraction of sp³-hybridized carbons (Fsp3) is 0.174. The predicted molar refractivity (Wildman–Crippen MR) is 121 cm³/mol. The Labute approximate surface area is 182 Å². The van der Waals surface area contributed by atoms with Crippen LogP contribution >= 0.6 is 11.3 Å². The van der Waals surface area contributed by atoms with Gasteiger partial charge in [0.25, 0.3) is 0 Å². The maximum absolute atomic E-state index is 13.0. The van der Waals surface area contributed by atoms with Gasteiger partial charge >= 0.3 is 0 Å². The van der Waals surface area contributed by atoms with E-state index in [1.807, 2.05) is 64.6 Å². The van der Waals surface area contributed by atoms with E-state index < -0.39 is 5.92 Å². The Morgan fingerprint density at radius 3 is 2.94 bits per heavy atom. The molecule has 0 spiro atoms. The number of ether oxygens (including phenoxy) is 1. The first-order valence-corrected chi connectivity index (χ1v) is 10.8. The van der Waals surface area contributed by atoms with Gasteiger partial charge in [-0.25, -0.2) is 4.98 Å². The number of imidazole rings is 1. The lowest BCUT2D eigenvalue weighted by atomic mass is 10.1. The van der Waals surface area contributed by atoms with Crippen LogP contribution in [0.3, 0.4) is 0 Å². The van der Waals surface area contributed by atoms with E-state index in [1.165, 1.54) is 0 Å². The lowest BCUT2D eigenvalue weighted by molar-refractivity contribution is -0.122. The van der Waals surface area contributed by atoms with E-state index in [9.17, 15) is 9.59 Å². The highest BCUT2D eigenvalue weighted by Crippen LogP contribution is 2.31. The Bertz CT molecular complexity index is 1250. The van der Waals surface area contributed by atoms with Crippen LogP contribution in [0.1, 0.15) is 6.42 Å². The average Bonchev–Trinajstić information content (AvgIpc) is 3.49. The van der Waals surface area contributed by atoms with Gasteiger partial charge in [-0.2, -0.15) is 0 Å². The number of nitrogens with one attached hydrogen (secondary N) is 1. The molecule has 2 aromatic carbocycles. The topological polar surface area (TPSA) is 75.9 Å². The number of rotatable bonds is 5. The van der Waals surface area contributed by atoms with Gasteiger partial charge in [-0.3, -0.25) is 14.0 Å². The highest BCUT2D eigenvalue weighted by molar-refractivity contribution is 7.15. The van der Waals surface area contributed by atoms with Gasteiger partial charge < -0.3 is 15.0 Å². The largest absolute Gasteiger partial charge is 0.497 e. The number of fused-ring (bicyclic) bond motifs is 1. The van der Waals surface area contributed by atoms with Gasteiger partial charge in [-0.15, -0.1) is 11.3 Å². The molecule has 1 unspecified atom stereocenters. The Hall–Kier alpha value is -3.65. The van der Waals surface area contributed by atoms with Gasteiger partial charge in [0.15, 0.2) is 4.96 Å². The second-order valence-corrected chi connectivity index (χ2v) is 8.23. The van der Waals surface area contributed by atoms with Gasteiger partial charge in [-0.05, 0) is 18.2 Å². The van der Waals surface area contributed by atoms with Crippen molar-refractivity contribution in [3.05, 3.63) is 66.3 Å². The molecule has 31 heavy (non-hydrogen) atoms. The van der Waals surface area contributed by atoms with Crippen molar-refractivity contribution >= 4 is 39.5 Å². The number of methoxy groups -OCH3 is 1. The third-order valence-electron chi connectivity index (χ3n) is 5.41. The Morgan fingerprint density at radius 2 is 2.10 bits per heavy atom. The van der Waals surface area contributed by atoms with E-state index in [0.29, 0.717) is 18.0 Å². The summed E-state index contributed by atoms with van der Waals surface area (Å²) in [5, 5.41) is 4.99. The summed E-state index contributed by atoms with van der Waals surface area (Å²) in [4.78, 5) is 32.8. The van der Waals surface area contributed by atoms with Crippen molar-refractivity contribution < 1.29 is 14.3 Å². The summed E-state index contributed by atoms with van der Waals surface area (Å²) in [6, 6.07) is 14.9. The van der Waals surface area contributed by atoms with Crippen LogP contribution in [-0.2, 0) is 9.59 Å². The SMILES string of the molecule is COc1cccc(N2CC(C(=O)Nc3ccccc3-c3cn4ccsc4n3)CC2=O)c1. The van der Waals surface area contributed by atoms with E-state index in [-0.39, 0.29) is 18.2 Å². The number of thiazole rings is 1. The zero-order valence-electron chi connectivity index (χ0n) is 16.8. The summed E-state index contributed by atoms with van der Waals surface area (Å²) in [5.74, 6) is -0.00686. The van der Waals surface area contributed by atoms with Crippen LogP contribution in [0.5, 0.6) is 5.75 Å². The van der Waals surface area contributed by atoms with Crippen LogP contribution in [0.2, 0.25) is 0 Å². The van der Waals surface area contributed by atoms with E-state index in [4.69, 9.17) is 4.74 Å². The van der Waals surface area contributed by atoms with Crippen LogP contribution in [0, 0.1) is 5.92 Å². The molecule has 0 bridgehead atoms. The molecular formula is C23H20N4O3S. The standard InChI is InChI=1S/C23H20N4O3S/c1-30-17-6-4-5-16(12-17)27-13-15(11-21(27)28)22(29)24-19-8-3-2-7-18(19)20-14-26-9-10-31-23(26)25-20/h2-10,12,14-15H,11,13H2,1H3,(H,24,29). The quantitative estimate of drug-likeness (QED) is 0.516. The summed E-state index contributed by atoms with van der Waals surface area (Å²) in [5.41, 5.74) is 3.06. The number of aromatic nitrogens is 2. The second-order valence-electron chi connectivity index (χ2n) is 7.36. The van der Waals surface area contributed by atoms with Crippen LogP contribution < -0.4 is 15.0 Å². The number of nitrogens with zero attached hydrogens (tertiary/aromatic N) is 3. The molecule has 8 heteroatoms. The molecule has 5 rings (SSSR count). The maximum Gasteiger partial charge on any atom is 0.229 e. The number of amides is 2. The van der Waals surface area contributed by atoms with Crippen molar-refractivity contribution in [1.82, 2.24) is 9.38 Å². The summed E-state index contributed by atoms with van der Waals surface area (Å²) >= 11 is 1.56. The third-order valence-corrected chi connectivity index (χ3v) is 6.19. The first kappa shape index (κ1) is 19.3. The number of hydrogen-bond acceptors (Lipinski definition) is 5. The molecule has 7 nitrogen and oxygen atoms in total. The predicted octanol–water partition coefficient (Wildman–Crippen LogP) is 4.06. The second kappa shape index (κ2) is 7.88. The molecule has 2 amide bonds. The Balaban J connectivity index is 1.35. The van der Waals surface area contributed by atoms with Crippen LogP contribution in [0.25, 0.3) is 16.2 Å². The number of benzene rings is 2. The molecule has 0 radical (unpaired) electrons. The first-order valence-electron chi connectivity index (χ1n) is 9.89. The van der Waals surface area contributed by atoms with Crippen molar-refractivity contribution in [2.75, 3.05) is 23.9 Å². The van der Waals surface area contributed by atoms with Crippen LogP contribution in [0.15, 0.2) is 66.3 Å². The minimum Gasteiger partial charge on any atom is -0.497 e. The summed E-state index contributed by atoms with van der Waals surface area (Å²) in [7, 11) is 1.59. The Morgan fingerprint density at radius 1 is 1.23 bits per heavy atom. The Kier molecular flexibility index (Phi) is 4.91. The molecule has 1 aliphatic rings. The highest BCUT2D eigenvalue weighted by atomic mass is 32.1. The zero-order chi connectivity index (χ0) is 21.4. The van der Waals surface area contributed by atoms with Gasteiger partial charge in [-0.1, -0.05) is 24.3 Å². The smallest absolute Gasteiger partial charge is 0.229 e. The van der Waals surface area contributed by atoms with Crippen LogP contribution in [-0.4, -0.2) is 34.9 Å². The number of hydrogen-bond donors (Lipinski definition) is 1. The lowest BCUT2D eigenvalue weighted by Crippen LogP contribution is -2.28. The summed E-state index contributed by atoms with van der Waals surface area (Å²) < 4.78 is 7.21. The molecule has 1 fully saturated rings. The highest BCUT2D eigenvalue weighted by Gasteiger charge is 2.35. The van der Waals surface area contributed by atoms with Crippen molar-refractivity contribution in [2.24, 2.45) is 5.92 Å². The maximum atomic E-state index is 13.0.